The van der Waals surface area contributed by atoms with Crippen LogP contribution in [0, 0.1) is 0 Å². The van der Waals surface area contributed by atoms with Crippen molar-refractivity contribution in [2.75, 3.05) is 34.3 Å². The number of hydrogen-bond acceptors (Lipinski definition) is 5. The summed E-state index contributed by atoms with van der Waals surface area (Å²) in [6, 6.07) is -0.524. The summed E-state index contributed by atoms with van der Waals surface area (Å²) in [6.45, 7) is 6.24. The Morgan fingerprint density at radius 2 is 2.00 bits per heavy atom. The molecule has 0 saturated carbocycles. The molecule has 1 unspecified atom stereocenters. The largest absolute Gasteiger partial charge is 0.354 e. The maximum Gasteiger partial charge on any atom is 0.312 e. The molecule has 0 aliphatic rings. The summed E-state index contributed by atoms with van der Waals surface area (Å²) < 4.78 is 5.62. The lowest BCUT2D eigenvalue weighted by molar-refractivity contribution is -0.138. The van der Waals surface area contributed by atoms with E-state index in [0.29, 0.717) is 6.54 Å². The fourth-order valence-corrected chi connectivity index (χ4v) is 2.07. The van der Waals surface area contributed by atoms with Gasteiger partial charge in [0.2, 0.25) is 5.91 Å². The maximum absolute atomic E-state index is 12.0. The minimum absolute atomic E-state index is 0.0689. The molecular formula is C16H31N5O3. The first-order chi connectivity index (χ1) is 11.2. The Hall–Kier alpha value is -2.09. The van der Waals surface area contributed by atoms with Gasteiger partial charge in [0.05, 0.1) is 0 Å². The van der Waals surface area contributed by atoms with Gasteiger partial charge in [-0.15, -0.1) is 0 Å². The Bertz CT molecular complexity index is 476. The van der Waals surface area contributed by atoms with Crippen molar-refractivity contribution in [2.45, 2.75) is 39.3 Å². The van der Waals surface area contributed by atoms with Gasteiger partial charge in [0.15, 0.2) is 5.72 Å². The third-order valence-electron chi connectivity index (χ3n) is 3.53. The molecule has 0 aliphatic heterocycles. The first-order valence-corrected chi connectivity index (χ1v) is 7.89. The summed E-state index contributed by atoms with van der Waals surface area (Å²) in [4.78, 5) is 24.2. The Labute approximate surface area is 144 Å². The lowest BCUT2D eigenvalue weighted by Gasteiger charge is -2.36. The number of nitrogens with two attached hydrogens (primary N) is 1. The van der Waals surface area contributed by atoms with E-state index in [4.69, 9.17) is 10.5 Å². The zero-order chi connectivity index (χ0) is 18.8. The molecule has 0 aliphatic carbocycles. The summed E-state index contributed by atoms with van der Waals surface area (Å²) in [5.41, 5.74) is 5.25. The zero-order valence-corrected chi connectivity index (χ0v) is 15.6. The molecule has 0 radical (unpaired) electrons. The van der Waals surface area contributed by atoms with Crippen LogP contribution in [-0.4, -0.2) is 68.1 Å². The second kappa shape index (κ2) is 10.6. The van der Waals surface area contributed by atoms with E-state index in [0.717, 1.165) is 18.4 Å². The second-order valence-electron chi connectivity index (χ2n) is 5.86. The summed E-state index contributed by atoms with van der Waals surface area (Å²) >= 11 is 0. The monoisotopic (exact) mass is 341 g/mol. The number of carbonyl (C=O) groups excluding carboxylic acids is 2. The number of likely N-dealkylation sites (N-methyl/N-ethyl adjacent to an activating group) is 1. The molecule has 0 saturated heterocycles. The maximum atomic E-state index is 12.0. The summed E-state index contributed by atoms with van der Waals surface area (Å²) in [5.74, 6) is -0.0689. The van der Waals surface area contributed by atoms with Crippen LogP contribution in [0.1, 0.15) is 33.6 Å². The van der Waals surface area contributed by atoms with Crippen molar-refractivity contribution in [2.24, 2.45) is 10.8 Å². The Morgan fingerprint density at radius 3 is 2.46 bits per heavy atom. The van der Waals surface area contributed by atoms with E-state index in [-0.39, 0.29) is 12.5 Å². The number of carbonyl (C=O) groups is 2. The van der Waals surface area contributed by atoms with Crippen molar-refractivity contribution < 1.29 is 14.3 Å². The Morgan fingerprint density at radius 1 is 1.38 bits per heavy atom. The molecule has 0 bridgehead atoms. The number of nitrogens with zero attached hydrogens (tertiary/aromatic N) is 3. The van der Waals surface area contributed by atoms with Crippen molar-refractivity contribution in [3.05, 3.63) is 11.6 Å². The number of ether oxygens (including phenoxy) is 1. The molecule has 0 fully saturated rings. The predicted molar refractivity (Wildman–Crippen MR) is 95.6 cm³/mol. The standard InChI is InChI=1S/C16H31N5O3/c1-7-19-21(12-14(22)20(4)5)16(3,24-6)11-13(2)9-8-10-18-15(17)23/h7,11H,8-10,12H2,1-6H3,(H3,17,18,23)/b13-11+,19-7-. The first-order valence-electron chi connectivity index (χ1n) is 7.89. The van der Waals surface area contributed by atoms with E-state index in [9.17, 15) is 9.59 Å². The van der Waals surface area contributed by atoms with E-state index < -0.39 is 11.8 Å². The van der Waals surface area contributed by atoms with E-state index >= 15 is 0 Å². The van der Waals surface area contributed by atoms with Crippen molar-refractivity contribution >= 4 is 18.2 Å². The summed E-state index contributed by atoms with van der Waals surface area (Å²) in [7, 11) is 4.98. The van der Waals surface area contributed by atoms with Crippen LogP contribution in [-0.2, 0) is 9.53 Å². The van der Waals surface area contributed by atoms with Crippen molar-refractivity contribution in [1.29, 1.82) is 0 Å². The molecule has 138 valence electrons. The van der Waals surface area contributed by atoms with E-state index in [2.05, 4.69) is 10.4 Å². The fourth-order valence-electron chi connectivity index (χ4n) is 2.07. The van der Waals surface area contributed by atoms with E-state index in [1.165, 1.54) is 4.90 Å². The van der Waals surface area contributed by atoms with Gasteiger partial charge in [0.1, 0.15) is 6.54 Å². The number of hydrogen-bond donors (Lipinski definition) is 2. The smallest absolute Gasteiger partial charge is 0.312 e. The van der Waals surface area contributed by atoms with Crippen LogP contribution in [0.5, 0.6) is 0 Å². The minimum atomic E-state index is -0.848. The Kier molecular flexibility index (Phi) is 9.71. The molecule has 8 heteroatoms. The number of methoxy groups -OCH3 is 1. The van der Waals surface area contributed by atoms with Crippen LogP contribution in [0.4, 0.5) is 4.79 Å². The molecule has 3 amide bonds. The average molecular weight is 341 g/mol. The summed E-state index contributed by atoms with van der Waals surface area (Å²) in [5, 5.41) is 8.45. The fraction of sp³-hybridized carbons (Fsp3) is 0.688. The van der Waals surface area contributed by atoms with Gasteiger partial charge in [-0.2, -0.15) is 5.10 Å². The minimum Gasteiger partial charge on any atom is -0.354 e. The SMILES string of the molecule is C/C=N\N(CC(=O)N(C)C)C(C)(/C=C(\C)CCCNC(N)=O)OC. The van der Waals surface area contributed by atoms with Crippen LogP contribution in [0.15, 0.2) is 16.8 Å². The molecule has 0 aromatic carbocycles. The third-order valence-corrected chi connectivity index (χ3v) is 3.53. The number of primary amides is 1. The zero-order valence-electron chi connectivity index (χ0n) is 15.6. The molecule has 0 heterocycles. The van der Waals surface area contributed by atoms with Crippen LogP contribution < -0.4 is 11.1 Å². The van der Waals surface area contributed by atoms with Gasteiger partial charge in [-0.3, -0.25) is 9.80 Å². The van der Waals surface area contributed by atoms with Crippen LogP contribution in [0.3, 0.4) is 0 Å². The highest BCUT2D eigenvalue weighted by Crippen LogP contribution is 2.22. The van der Waals surface area contributed by atoms with E-state index in [1.54, 1.807) is 39.4 Å². The molecular weight excluding hydrogens is 310 g/mol. The number of allylic oxidation sites excluding steroid dienone is 1. The molecule has 0 aromatic rings. The van der Waals surface area contributed by atoms with Gasteiger partial charge >= 0.3 is 6.03 Å². The van der Waals surface area contributed by atoms with Gasteiger partial charge in [-0.25, -0.2) is 4.79 Å². The molecule has 0 rings (SSSR count). The average Bonchev–Trinajstić information content (AvgIpc) is 2.50. The van der Waals surface area contributed by atoms with E-state index in [1.807, 2.05) is 19.9 Å². The first kappa shape index (κ1) is 21.9. The lowest BCUT2D eigenvalue weighted by atomic mass is 10.1. The third kappa shape index (κ3) is 7.96. The highest BCUT2D eigenvalue weighted by atomic mass is 16.5. The molecule has 0 spiro atoms. The molecule has 3 N–H and O–H groups in total. The van der Waals surface area contributed by atoms with Gasteiger partial charge in [0, 0.05) is 34.0 Å². The van der Waals surface area contributed by atoms with Crippen molar-refractivity contribution in [1.82, 2.24) is 15.2 Å². The van der Waals surface area contributed by atoms with Gasteiger partial charge in [-0.05, 0) is 39.7 Å². The lowest BCUT2D eigenvalue weighted by Crippen LogP contribution is -2.48. The molecule has 0 aromatic heterocycles. The number of urea groups is 1. The Balaban J connectivity index is 5.05. The highest BCUT2D eigenvalue weighted by Gasteiger charge is 2.30. The van der Waals surface area contributed by atoms with Crippen LogP contribution >= 0.6 is 0 Å². The highest BCUT2D eigenvalue weighted by molar-refractivity contribution is 5.77. The van der Waals surface area contributed by atoms with Gasteiger partial charge < -0.3 is 20.7 Å². The van der Waals surface area contributed by atoms with Crippen LogP contribution in [0.25, 0.3) is 0 Å². The predicted octanol–water partition coefficient (Wildman–Crippen LogP) is 1.14. The topological polar surface area (TPSA) is 100 Å². The molecule has 1 atom stereocenters. The van der Waals surface area contributed by atoms with Crippen molar-refractivity contribution in [3.63, 3.8) is 0 Å². The summed E-state index contributed by atoms with van der Waals surface area (Å²) in [6.07, 6.45) is 5.09. The second-order valence-corrected chi connectivity index (χ2v) is 5.86. The number of rotatable bonds is 10. The normalized spacial score (nSPS) is 14.3. The number of amides is 3. The van der Waals surface area contributed by atoms with Crippen molar-refractivity contribution in [3.8, 4) is 0 Å². The van der Waals surface area contributed by atoms with Gasteiger partial charge in [0.25, 0.3) is 0 Å². The van der Waals surface area contributed by atoms with Crippen LogP contribution in [0.2, 0.25) is 0 Å². The number of nitrogens with one attached hydrogen (secondary N) is 1. The molecule has 8 nitrogen and oxygen atoms in total. The quantitative estimate of drug-likeness (QED) is 0.205. The van der Waals surface area contributed by atoms with Gasteiger partial charge in [-0.1, -0.05) is 5.57 Å². The number of hydrazone groups is 1. The molecule has 24 heavy (non-hydrogen) atoms.